The normalized spacial score (nSPS) is 19.1. The second-order valence-corrected chi connectivity index (χ2v) is 10.4. The molecule has 5 rings (SSSR count). The Hall–Kier alpha value is -2.86. The van der Waals surface area contributed by atoms with Gasteiger partial charge in [0.1, 0.15) is 11.9 Å². The van der Waals surface area contributed by atoms with E-state index in [2.05, 4.69) is 9.71 Å². The van der Waals surface area contributed by atoms with Crippen molar-refractivity contribution in [1.82, 2.24) is 19.2 Å². The number of aromatic amines is 1. The number of aromatic nitrogens is 2. The Bertz CT molecular complexity index is 1270. The van der Waals surface area contributed by atoms with Crippen molar-refractivity contribution < 1.29 is 22.7 Å². The monoisotopic (exact) mass is 487 g/mol. The average molecular weight is 488 g/mol. The van der Waals surface area contributed by atoms with Crippen molar-refractivity contribution in [1.29, 1.82) is 0 Å². The first-order valence-corrected chi connectivity index (χ1v) is 12.9. The SMILES string of the molecule is Nc1cccn1CCC(NS(=O)(=O)c1cccc2[nH]ccc12)C(=O)N1CCC2(CC1)OCCO2. The van der Waals surface area contributed by atoms with Gasteiger partial charge in [-0.3, -0.25) is 4.79 Å². The molecule has 1 aromatic carbocycles. The molecular formula is C23H29N5O5S. The average Bonchev–Trinajstić information content (AvgIpc) is 3.58. The number of aryl methyl sites for hydroxylation is 1. The molecule has 11 heteroatoms. The van der Waals surface area contributed by atoms with Crippen molar-refractivity contribution in [2.45, 2.75) is 42.5 Å². The summed E-state index contributed by atoms with van der Waals surface area (Å²) in [4.78, 5) is 18.4. The van der Waals surface area contributed by atoms with Crippen molar-refractivity contribution in [3.05, 3.63) is 48.8 Å². The number of rotatable bonds is 7. The molecule has 34 heavy (non-hydrogen) atoms. The van der Waals surface area contributed by atoms with Gasteiger partial charge in [-0.05, 0) is 36.8 Å². The summed E-state index contributed by atoms with van der Waals surface area (Å²) in [5.41, 5.74) is 6.69. The Labute approximate surface area is 198 Å². The number of nitrogens with two attached hydrogens (primary N) is 1. The molecule has 2 aliphatic rings. The number of anilines is 1. The number of piperidine rings is 1. The molecule has 2 aromatic heterocycles. The van der Waals surface area contributed by atoms with Crippen LogP contribution in [0.4, 0.5) is 5.82 Å². The second kappa shape index (κ2) is 9.06. The number of H-pyrrole nitrogens is 1. The number of nitrogens with zero attached hydrogens (tertiary/aromatic N) is 2. The summed E-state index contributed by atoms with van der Waals surface area (Å²) in [6, 6.07) is 9.38. The van der Waals surface area contributed by atoms with Crippen LogP contribution in [0.3, 0.4) is 0 Å². The summed E-state index contributed by atoms with van der Waals surface area (Å²) in [7, 11) is -3.97. The number of fused-ring (bicyclic) bond motifs is 1. The minimum absolute atomic E-state index is 0.134. The van der Waals surface area contributed by atoms with Gasteiger partial charge < -0.3 is 29.7 Å². The zero-order chi connectivity index (χ0) is 23.8. The van der Waals surface area contributed by atoms with Gasteiger partial charge in [-0.15, -0.1) is 0 Å². The molecule has 0 bridgehead atoms. The number of carbonyl (C=O) groups excluding carboxylic acids is 1. The molecule has 0 aliphatic carbocycles. The van der Waals surface area contributed by atoms with E-state index in [1.807, 2.05) is 18.3 Å². The molecule has 2 saturated heterocycles. The number of nitrogen functional groups attached to an aromatic ring is 1. The van der Waals surface area contributed by atoms with Gasteiger partial charge >= 0.3 is 0 Å². The van der Waals surface area contributed by atoms with Crippen molar-refractivity contribution in [2.75, 3.05) is 32.0 Å². The molecule has 1 amide bonds. The van der Waals surface area contributed by atoms with Crippen molar-refractivity contribution >= 4 is 32.7 Å². The third kappa shape index (κ3) is 4.43. The fourth-order valence-corrected chi connectivity index (χ4v) is 6.19. The van der Waals surface area contributed by atoms with E-state index in [4.69, 9.17) is 15.2 Å². The molecule has 3 aromatic rings. The zero-order valence-corrected chi connectivity index (χ0v) is 19.6. The number of sulfonamides is 1. The lowest BCUT2D eigenvalue weighted by atomic mass is 10.0. The smallest absolute Gasteiger partial charge is 0.241 e. The molecule has 2 aliphatic heterocycles. The van der Waals surface area contributed by atoms with Crippen LogP contribution in [-0.2, 0) is 30.8 Å². The molecule has 1 spiro atoms. The second-order valence-electron chi connectivity index (χ2n) is 8.72. The minimum Gasteiger partial charge on any atom is -0.385 e. The van der Waals surface area contributed by atoms with E-state index < -0.39 is 21.9 Å². The van der Waals surface area contributed by atoms with Gasteiger partial charge in [0.15, 0.2) is 5.79 Å². The van der Waals surface area contributed by atoms with E-state index in [9.17, 15) is 13.2 Å². The number of likely N-dealkylation sites (tertiary alicyclic amines) is 1. The van der Waals surface area contributed by atoms with Gasteiger partial charge in [-0.25, -0.2) is 8.42 Å². The Kier molecular flexibility index (Phi) is 6.11. The number of carbonyl (C=O) groups is 1. The summed E-state index contributed by atoms with van der Waals surface area (Å²) in [5, 5.41) is 0.575. The van der Waals surface area contributed by atoms with Gasteiger partial charge in [0.05, 0.1) is 18.1 Å². The fraction of sp³-hybridized carbons (Fsp3) is 0.435. The first kappa shape index (κ1) is 22.9. The lowest BCUT2D eigenvalue weighted by Crippen LogP contribution is -2.54. The van der Waals surface area contributed by atoms with E-state index in [0.717, 1.165) is 0 Å². The number of amides is 1. The van der Waals surface area contributed by atoms with Gasteiger partial charge in [-0.1, -0.05) is 6.07 Å². The Morgan fingerprint density at radius 1 is 1.15 bits per heavy atom. The molecule has 0 radical (unpaired) electrons. The maximum absolute atomic E-state index is 13.5. The Balaban J connectivity index is 1.37. The lowest BCUT2D eigenvalue weighted by molar-refractivity contribution is -0.187. The predicted octanol–water partition coefficient (Wildman–Crippen LogP) is 1.65. The van der Waals surface area contributed by atoms with Crippen LogP contribution in [0.25, 0.3) is 10.9 Å². The standard InChI is InChI=1S/C23H29N5O5S/c24-21-5-2-11-27(21)12-7-19(22(29)28-13-8-23(9-14-28)32-15-16-33-23)26-34(30,31)20-4-1-3-18-17(20)6-10-25-18/h1-6,10-11,19,25-26H,7-9,12-16,24H2. The first-order chi connectivity index (χ1) is 16.4. The Morgan fingerprint density at radius 2 is 1.91 bits per heavy atom. The fourth-order valence-electron chi connectivity index (χ4n) is 4.75. The highest BCUT2D eigenvalue weighted by atomic mass is 32.2. The third-order valence-corrected chi connectivity index (χ3v) is 8.14. The van der Waals surface area contributed by atoms with Crippen LogP contribution in [-0.4, -0.2) is 66.9 Å². The maximum Gasteiger partial charge on any atom is 0.241 e. The summed E-state index contributed by atoms with van der Waals surface area (Å²) >= 11 is 0. The molecule has 4 N–H and O–H groups in total. The molecule has 1 atom stereocenters. The molecular weight excluding hydrogens is 458 g/mol. The number of nitrogens with one attached hydrogen (secondary N) is 2. The van der Waals surface area contributed by atoms with Crippen LogP contribution in [0.5, 0.6) is 0 Å². The third-order valence-electron chi connectivity index (χ3n) is 6.61. The van der Waals surface area contributed by atoms with Gasteiger partial charge in [0, 0.05) is 55.8 Å². The van der Waals surface area contributed by atoms with Crippen molar-refractivity contribution in [2.24, 2.45) is 0 Å². The van der Waals surface area contributed by atoms with Crippen LogP contribution in [0.2, 0.25) is 0 Å². The summed E-state index contributed by atoms with van der Waals surface area (Å²) in [5.74, 6) is -0.319. The van der Waals surface area contributed by atoms with E-state index >= 15 is 0 Å². The van der Waals surface area contributed by atoms with Crippen molar-refractivity contribution in [3.63, 3.8) is 0 Å². The molecule has 182 valence electrons. The topological polar surface area (TPSA) is 132 Å². The van der Waals surface area contributed by atoms with E-state index in [-0.39, 0.29) is 17.2 Å². The lowest BCUT2D eigenvalue weighted by Gasteiger charge is -2.38. The molecule has 1 unspecified atom stereocenters. The van der Waals surface area contributed by atoms with Crippen LogP contribution < -0.4 is 10.5 Å². The molecule has 2 fully saturated rings. The van der Waals surface area contributed by atoms with Crippen LogP contribution in [0.1, 0.15) is 19.3 Å². The van der Waals surface area contributed by atoms with E-state index in [1.54, 1.807) is 39.9 Å². The highest BCUT2D eigenvalue weighted by molar-refractivity contribution is 7.89. The first-order valence-electron chi connectivity index (χ1n) is 11.4. The van der Waals surface area contributed by atoms with E-state index in [1.165, 1.54) is 0 Å². The van der Waals surface area contributed by atoms with Crippen LogP contribution in [0.15, 0.2) is 53.7 Å². The minimum atomic E-state index is -3.97. The van der Waals surface area contributed by atoms with Crippen LogP contribution >= 0.6 is 0 Å². The number of benzene rings is 1. The highest BCUT2D eigenvalue weighted by Gasteiger charge is 2.42. The number of ether oxygens (including phenoxy) is 2. The zero-order valence-electron chi connectivity index (χ0n) is 18.8. The Morgan fingerprint density at radius 3 is 2.62 bits per heavy atom. The largest absolute Gasteiger partial charge is 0.385 e. The number of hydrogen-bond donors (Lipinski definition) is 3. The molecule has 0 saturated carbocycles. The van der Waals surface area contributed by atoms with Crippen molar-refractivity contribution in [3.8, 4) is 0 Å². The summed E-state index contributed by atoms with van der Waals surface area (Å²) in [6.07, 6.45) is 4.88. The van der Waals surface area contributed by atoms with E-state index in [0.29, 0.717) is 62.4 Å². The van der Waals surface area contributed by atoms with Crippen LogP contribution in [0, 0.1) is 0 Å². The molecule has 10 nitrogen and oxygen atoms in total. The molecule has 4 heterocycles. The summed E-state index contributed by atoms with van der Waals surface area (Å²) in [6.45, 7) is 2.39. The number of hydrogen-bond acceptors (Lipinski definition) is 6. The summed E-state index contributed by atoms with van der Waals surface area (Å²) < 4.78 is 42.8. The maximum atomic E-state index is 13.5. The van der Waals surface area contributed by atoms with Gasteiger partial charge in [0.25, 0.3) is 0 Å². The predicted molar refractivity (Wildman–Crippen MR) is 126 cm³/mol. The quantitative estimate of drug-likeness (QED) is 0.464. The van der Waals surface area contributed by atoms with Gasteiger partial charge in [0.2, 0.25) is 15.9 Å². The van der Waals surface area contributed by atoms with Gasteiger partial charge in [-0.2, -0.15) is 4.72 Å². The highest BCUT2D eigenvalue weighted by Crippen LogP contribution is 2.31.